The Kier molecular flexibility index (Phi) is 7.69. The highest BCUT2D eigenvalue weighted by atomic mass is 32.1. The second kappa shape index (κ2) is 10.5. The molecule has 1 heterocycles. The zero-order valence-corrected chi connectivity index (χ0v) is 19.7. The summed E-state index contributed by atoms with van der Waals surface area (Å²) < 4.78 is 13.1. The van der Waals surface area contributed by atoms with Gasteiger partial charge < -0.3 is 19.8 Å². The Morgan fingerprint density at radius 1 is 1.09 bits per heavy atom. The van der Waals surface area contributed by atoms with Crippen molar-refractivity contribution in [3.8, 4) is 11.5 Å². The molecule has 0 aliphatic heterocycles. The van der Waals surface area contributed by atoms with Crippen LogP contribution in [0.2, 0.25) is 0 Å². The van der Waals surface area contributed by atoms with E-state index in [0.717, 1.165) is 12.0 Å². The van der Waals surface area contributed by atoms with Gasteiger partial charge in [-0.1, -0.05) is 19.1 Å². The molecule has 2 aromatic carbocycles. The van der Waals surface area contributed by atoms with Gasteiger partial charge in [0.25, 0.3) is 11.5 Å². The molecule has 3 aromatic rings. The summed E-state index contributed by atoms with van der Waals surface area (Å²) in [5, 5.41) is 3.41. The van der Waals surface area contributed by atoms with Crippen LogP contribution in [0.15, 0.2) is 41.2 Å². The van der Waals surface area contributed by atoms with Crippen molar-refractivity contribution in [2.75, 3.05) is 13.2 Å². The summed E-state index contributed by atoms with van der Waals surface area (Å²) in [6, 6.07) is 10.7. The second-order valence-corrected chi connectivity index (χ2v) is 7.90. The van der Waals surface area contributed by atoms with Crippen LogP contribution < -0.4 is 20.3 Å². The molecule has 7 nitrogen and oxygen atoms in total. The average Bonchev–Trinajstić information content (AvgIpc) is 2.78. The number of hydrogen-bond acceptors (Lipinski definition) is 5. The molecule has 0 radical (unpaired) electrons. The molecule has 0 bridgehead atoms. The summed E-state index contributed by atoms with van der Waals surface area (Å²) in [5.74, 6) is 0.975. The van der Waals surface area contributed by atoms with Crippen LogP contribution in [0.25, 0.3) is 10.9 Å². The normalized spacial score (nSPS) is 11.9. The molecule has 0 saturated carbocycles. The summed E-state index contributed by atoms with van der Waals surface area (Å²) in [7, 11) is 0. The van der Waals surface area contributed by atoms with Crippen molar-refractivity contribution in [3.05, 3.63) is 62.6 Å². The lowest BCUT2D eigenvalue weighted by Gasteiger charge is -2.14. The fourth-order valence-corrected chi connectivity index (χ4v) is 3.55. The molecular formula is C24H29N3O4S. The number of benzene rings is 2. The van der Waals surface area contributed by atoms with E-state index < -0.39 is 0 Å². The van der Waals surface area contributed by atoms with Crippen molar-refractivity contribution in [1.82, 2.24) is 14.9 Å². The van der Waals surface area contributed by atoms with Crippen LogP contribution in [0.5, 0.6) is 11.5 Å². The van der Waals surface area contributed by atoms with Crippen molar-refractivity contribution in [2.24, 2.45) is 0 Å². The van der Waals surface area contributed by atoms with E-state index >= 15 is 0 Å². The van der Waals surface area contributed by atoms with Gasteiger partial charge in [-0.2, -0.15) is 0 Å². The lowest BCUT2D eigenvalue weighted by atomic mass is 10.1. The van der Waals surface area contributed by atoms with Crippen molar-refractivity contribution in [3.63, 3.8) is 0 Å². The van der Waals surface area contributed by atoms with Gasteiger partial charge in [-0.25, -0.2) is 0 Å². The first-order chi connectivity index (χ1) is 15.4. The number of carbonyl (C=O) groups excluding carboxylic acids is 1. The fourth-order valence-electron chi connectivity index (χ4n) is 3.29. The Balaban J connectivity index is 1.93. The van der Waals surface area contributed by atoms with E-state index in [1.807, 2.05) is 39.8 Å². The van der Waals surface area contributed by atoms with E-state index in [1.54, 1.807) is 24.3 Å². The molecule has 170 valence electrons. The molecule has 0 spiro atoms. The molecule has 0 aliphatic rings. The molecular weight excluding hydrogens is 426 g/mol. The number of nitrogens with zero attached hydrogens (tertiary/aromatic N) is 1. The molecule has 3 rings (SSSR count). The number of aromatic nitrogens is 2. The lowest BCUT2D eigenvalue weighted by molar-refractivity contribution is 0.0939. The SMILES string of the molecule is CCOc1cc2[nH]c(=S)n(Cc3ccc(C(=O)NC(C)CC)cc3)c(=O)c2cc1OCC. The number of ether oxygens (including phenoxy) is 2. The maximum Gasteiger partial charge on any atom is 0.262 e. The lowest BCUT2D eigenvalue weighted by Crippen LogP contribution is -2.31. The van der Waals surface area contributed by atoms with Crippen LogP contribution in [-0.4, -0.2) is 34.7 Å². The molecule has 1 amide bonds. The minimum absolute atomic E-state index is 0.111. The van der Waals surface area contributed by atoms with Gasteiger partial charge in [0, 0.05) is 17.7 Å². The number of nitrogens with one attached hydrogen (secondary N) is 2. The predicted octanol–water partition coefficient (Wildman–Crippen LogP) is 4.43. The highest BCUT2D eigenvalue weighted by Gasteiger charge is 2.13. The molecule has 8 heteroatoms. The monoisotopic (exact) mass is 455 g/mol. The molecule has 1 aromatic heterocycles. The molecule has 1 unspecified atom stereocenters. The Morgan fingerprint density at radius 3 is 2.31 bits per heavy atom. The molecule has 0 fully saturated rings. The molecule has 32 heavy (non-hydrogen) atoms. The third kappa shape index (κ3) is 5.19. The topological polar surface area (TPSA) is 85.4 Å². The number of rotatable bonds is 9. The van der Waals surface area contributed by atoms with Crippen molar-refractivity contribution in [1.29, 1.82) is 0 Å². The number of hydrogen-bond donors (Lipinski definition) is 2. The third-order valence-electron chi connectivity index (χ3n) is 5.19. The third-order valence-corrected chi connectivity index (χ3v) is 5.52. The van der Waals surface area contributed by atoms with Gasteiger partial charge in [0.05, 0.1) is 30.7 Å². The first-order valence-electron chi connectivity index (χ1n) is 10.8. The molecule has 0 saturated heterocycles. The smallest absolute Gasteiger partial charge is 0.262 e. The first-order valence-corrected chi connectivity index (χ1v) is 11.2. The maximum atomic E-state index is 13.2. The summed E-state index contributed by atoms with van der Waals surface area (Å²) >= 11 is 5.46. The minimum atomic E-state index is -0.216. The van der Waals surface area contributed by atoms with E-state index in [0.29, 0.717) is 46.0 Å². The minimum Gasteiger partial charge on any atom is -0.490 e. The summed E-state index contributed by atoms with van der Waals surface area (Å²) in [4.78, 5) is 28.6. The Morgan fingerprint density at radius 2 is 1.72 bits per heavy atom. The van der Waals surface area contributed by atoms with Crippen molar-refractivity contribution in [2.45, 2.75) is 46.7 Å². The van der Waals surface area contributed by atoms with Gasteiger partial charge in [-0.15, -0.1) is 0 Å². The quantitative estimate of drug-likeness (QED) is 0.466. The van der Waals surface area contributed by atoms with Crippen LogP contribution in [0.3, 0.4) is 0 Å². The van der Waals surface area contributed by atoms with Gasteiger partial charge in [-0.3, -0.25) is 14.2 Å². The van der Waals surface area contributed by atoms with E-state index in [9.17, 15) is 9.59 Å². The zero-order chi connectivity index (χ0) is 23.3. The second-order valence-electron chi connectivity index (χ2n) is 7.51. The average molecular weight is 456 g/mol. The summed E-state index contributed by atoms with van der Waals surface area (Å²) in [6.07, 6.45) is 0.865. The van der Waals surface area contributed by atoms with Crippen molar-refractivity contribution >= 4 is 29.0 Å². The summed E-state index contributed by atoms with van der Waals surface area (Å²) in [6.45, 7) is 8.98. The maximum absolute atomic E-state index is 13.2. The van der Waals surface area contributed by atoms with Gasteiger partial charge in [0.1, 0.15) is 0 Å². The van der Waals surface area contributed by atoms with Crippen LogP contribution in [0.1, 0.15) is 50.0 Å². The van der Waals surface area contributed by atoms with E-state index in [2.05, 4.69) is 10.3 Å². The van der Waals surface area contributed by atoms with Gasteiger partial charge in [0.2, 0.25) is 0 Å². The van der Waals surface area contributed by atoms with E-state index in [-0.39, 0.29) is 24.1 Å². The van der Waals surface area contributed by atoms with Crippen LogP contribution in [0.4, 0.5) is 0 Å². The van der Waals surface area contributed by atoms with Crippen molar-refractivity contribution < 1.29 is 14.3 Å². The standard InChI is InChI=1S/C24H29N3O4S/c1-5-15(4)25-22(28)17-10-8-16(9-11-17)14-27-23(29)18-12-20(30-6-2)21(31-7-3)13-19(18)26-24(27)32/h8-13,15H,5-7,14H2,1-4H3,(H,25,28)(H,26,32). The number of amides is 1. The van der Waals surface area contributed by atoms with Crippen LogP contribution in [-0.2, 0) is 6.54 Å². The van der Waals surface area contributed by atoms with Crippen LogP contribution in [0, 0.1) is 4.77 Å². The predicted molar refractivity (Wildman–Crippen MR) is 128 cm³/mol. The summed E-state index contributed by atoms with van der Waals surface area (Å²) in [5.41, 5.74) is 1.82. The fraction of sp³-hybridized carbons (Fsp3) is 0.375. The highest BCUT2D eigenvalue weighted by molar-refractivity contribution is 7.71. The largest absolute Gasteiger partial charge is 0.490 e. The molecule has 1 atom stereocenters. The Labute approximate surface area is 192 Å². The zero-order valence-electron chi connectivity index (χ0n) is 18.9. The van der Waals surface area contributed by atoms with Crippen LogP contribution >= 0.6 is 12.2 Å². The Bertz CT molecular complexity index is 1210. The Hall–Kier alpha value is -3.13. The number of H-pyrrole nitrogens is 1. The van der Waals surface area contributed by atoms with Gasteiger partial charge >= 0.3 is 0 Å². The van der Waals surface area contributed by atoms with E-state index in [1.165, 1.54) is 4.57 Å². The first kappa shape index (κ1) is 23.5. The number of fused-ring (bicyclic) bond motifs is 1. The van der Waals surface area contributed by atoms with Gasteiger partial charge in [-0.05, 0) is 63.2 Å². The highest BCUT2D eigenvalue weighted by Crippen LogP contribution is 2.30. The molecule has 2 N–H and O–H groups in total. The number of carbonyl (C=O) groups is 1. The number of aromatic amines is 1. The van der Waals surface area contributed by atoms with Gasteiger partial charge in [0.15, 0.2) is 16.3 Å². The molecule has 0 aliphatic carbocycles. The van der Waals surface area contributed by atoms with E-state index in [4.69, 9.17) is 21.7 Å².